The van der Waals surface area contributed by atoms with Gasteiger partial charge in [-0.05, 0) is 78.0 Å². The van der Waals surface area contributed by atoms with E-state index in [0.29, 0.717) is 10.7 Å². The van der Waals surface area contributed by atoms with Crippen LogP contribution < -0.4 is 10.2 Å². The maximum atomic E-state index is 12.3. The van der Waals surface area contributed by atoms with Crippen LogP contribution in [0.2, 0.25) is 0 Å². The van der Waals surface area contributed by atoms with E-state index in [9.17, 15) is 4.79 Å². The first-order chi connectivity index (χ1) is 11.0. The maximum absolute atomic E-state index is 12.3. The topological polar surface area (TPSA) is 32.3 Å². The highest BCUT2D eigenvalue weighted by Gasteiger charge is 2.16. The summed E-state index contributed by atoms with van der Waals surface area (Å²) in [7, 11) is 0. The summed E-state index contributed by atoms with van der Waals surface area (Å²) in [5, 5.41) is 3.28. The van der Waals surface area contributed by atoms with Crippen molar-refractivity contribution in [3.63, 3.8) is 0 Å². The first-order valence-corrected chi connectivity index (χ1v) is 8.95. The normalized spacial score (nSPS) is 10.2. The number of halogens is 1. The molecule has 2 rings (SSSR count). The van der Waals surface area contributed by atoms with Gasteiger partial charge in [0.1, 0.15) is 0 Å². The van der Waals surface area contributed by atoms with E-state index in [-0.39, 0.29) is 5.91 Å². The number of amides is 1. The van der Waals surface area contributed by atoms with Gasteiger partial charge < -0.3 is 4.90 Å². The number of carbonyl (C=O) groups excluding carboxylic acids is 1. The molecule has 0 aliphatic carbocycles. The molecule has 0 atom stereocenters. The van der Waals surface area contributed by atoms with Crippen molar-refractivity contribution in [1.29, 1.82) is 0 Å². The molecule has 5 heteroatoms. The fourth-order valence-corrected chi connectivity index (χ4v) is 3.01. The molecule has 3 nitrogen and oxygen atoms in total. The summed E-state index contributed by atoms with van der Waals surface area (Å²) in [6.45, 7) is 4.91. The molecule has 1 amide bonds. The third kappa shape index (κ3) is 4.75. The summed E-state index contributed by atoms with van der Waals surface area (Å²) in [5.74, 6) is -0.181. The molecule has 0 aliphatic rings. The lowest BCUT2D eigenvalue weighted by Crippen LogP contribution is -2.43. The minimum absolute atomic E-state index is 0.181. The molecule has 0 bridgehead atoms. The second-order valence-corrected chi connectivity index (χ2v) is 6.84. The second kappa shape index (κ2) is 8.40. The summed E-state index contributed by atoms with van der Waals surface area (Å²) in [6.07, 6.45) is 0.937. The predicted molar refractivity (Wildman–Crippen MR) is 108 cm³/mol. The van der Waals surface area contributed by atoms with Gasteiger partial charge >= 0.3 is 0 Å². The van der Waals surface area contributed by atoms with Crippen LogP contribution in [0.3, 0.4) is 0 Å². The molecule has 0 spiro atoms. The minimum Gasteiger partial charge on any atom is -0.318 e. The van der Waals surface area contributed by atoms with Crippen molar-refractivity contribution >= 4 is 51.5 Å². The Morgan fingerprint density at radius 2 is 1.91 bits per heavy atom. The van der Waals surface area contributed by atoms with E-state index in [1.807, 2.05) is 23.1 Å². The lowest BCUT2D eigenvalue weighted by molar-refractivity contribution is 0.0977. The van der Waals surface area contributed by atoms with Crippen LogP contribution in [0.1, 0.15) is 29.3 Å². The Morgan fingerprint density at radius 1 is 1.22 bits per heavy atom. The summed E-state index contributed by atoms with van der Waals surface area (Å²) in [5.41, 5.74) is 2.78. The highest BCUT2D eigenvalue weighted by atomic mass is 127. The quantitative estimate of drug-likeness (QED) is 0.563. The number of anilines is 1. The van der Waals surface area contributed by atoms with Crippen molar-refractivity contribution in [2.75, 3.05) is 11.4 Å². The van der Waals surface area contributed by atoms with Crippen molar-refractivity contribution in [3.05, 3.63) is 63.2 Å². The van der Waals surface area contributed by atoms with Gasteiger partial charge in [0, 0.05) is 21.4 Å². The van der Waals surface area contributed by atoms with Crippen molar-refractivity contribution in [1.82, 2.24) is 5.32 Å². The van der Waals surface area contributed by atoms with E-state index in [2.05, 4.69) is 60.0 Å². The van der Waals surface area contributed by atoms with E-state index >= 15 is 0 Å². The van der Waals surface area contributed by atoms with Crippen LogP contribution in [0.15, 0.2) is 48.5 Å². The minimum atomic E-state index is -0.181. The molecule has 0 saturated heterocycles. The largest absolute Gasteiger partial charge is 0.318 e. The van der Waals surface area contributed by atoms with Crippen LogP contribution in [-0.2, 0) is 0 Å². The van der Waals surface area contributed by atoms with Crippen LogP contribution in [0.4, 0.5) is 5.69 Å². The smallest absolute Gasteiger partial charge is 0.257 e. The van der Waals surface area contributed by atoms with Gasteiger partial charge in [0.25, 0.3) is 5.91 Å². The molecule has 0 saturated carbocycles. The molecule has 120 valence electrons. The first kappa shape index (κ1) is 17.9. The fourth-order valence-electron chi connectivity index (χ4n) is 2.25. The Balaban J connectivity index is 2.22. The van der Waals surface area contributed by atoms with Gasteiger partial charge in [-0.25, -0.2) is 0 Å². The number of carbonyl (C=O) groups is 1. The Morgan fingerprint density at radius 3 is 2.57 bits per heavy atom. The first-order valence-electron chi connectivity index (χ1n) is 7.47. The Bertz CT molecular complexity index is 703. The lowest BCUT2D eigenvalue weighted by Gasteiger charge is -2.27. The molecule has 0 aliphatic heterocycles. The number of nitrogens with zero attached hydrogens (tertiary/aromatic N) is 1. The van der Waals surface area contributed by atoms with Gasteiger partial charge in [0.05, 0.1) is 0 Å². The molecule has 2 aromatic rings. The van der Waals surface area contributed by atoms with E-state index < -0.39 is 0 Å². The van der Waals surface area contributed by atoms with Crippen molar-refractivity contribution in [2.45, 2.75) is 20.3 Å². The third-order valence-corrected chi connectivity index (χ3v) is 4.40. The summed E-state index contributed by atoms with van der Waals surface area (Å²) in [6, 6.07) is 15.3. The van der Waals surface area contributed by atoms with Gasteiger partial charge in [0.2, 0.25) is 0 Å². The molecule has 1 N–H and O–H groups in total. The van der Waals surface area contributed by atoms with Crippen LogP contribution in [0.5, 0.6) is 0 Å². The van der Waals surface area contributed by atoms with E-state index in [0.717, 1.165) is 27.8 Å². The summed E-state index contributed by atoms with van der Waals surface area (Å²) in [4.78, 5) is 14.3. The third-order valence-electron chi connectivity index (χ3n) is 3.41. The molecule has 0 radical (unpaired) electrons. The number of thiocarbonyl (C=S) groups is 1. The zero-order valence-corrected chi connectivity index (χ0v) is 16.1. The van der Waals surface area contributed by atoms with Gasteiger partial charge in [-0.15, -0.1) is 0 Å². The second-order valence-electron chi connectivity index (χ2n) is 5.21. The SMILES string of the molecule is CCCN(C(=S)NC(=O)c1ccccc1)c1cc(I)ccc1C. The molecule has 2 aromatic carbocycles. The standard InChI is InChI=1S/C18H19IN2OS/c1-3-11-21(16-12-15(19)10-9-13(16)2)18(23)20-17(22)14-7-5-4-6-8-14/h4-10,12H,3,11H2,1-2H3,(H,20,22,23). The van der Waals surface area contributed by atoms with Gasteiger partial charge in [0.15, 0.2) is 5.11 Å². The Kier molecular flexibility index (Phi) is 6.53. The molecule has 0 fully saturated rings. The molecule has 23 heavy (non-hydrogen) atoms. The van der Waals surface area contributed by atoms with Gasteiger partial charge in [-0.3, -0.25) is 10.1 Å². The van der Waals surface area contributed by atoms with E-state index in [4.69, 9.17) is 12.2 Å². The Labute approximate surface area is 156 Å². The van der Waals surface area contributed by atoms with Crippen molar-refractivity contribution in [2.24, 2.45) is 0 Å². The predicted octanol–water partition coefficient (Wildman–Crippen LogP) is 4.53. The number of hydrogen-bond donors (Lipinski definition) is 1. The molecular weight excluding hydrogens is 419 g/mol. The van der Waals surface area contributed by atoms with Crippen LogP contribution in [0, 0.1) is 10.5 Å². The average molecular weight is 438 g/mol. The zero-order valence-electron chi connectivity index (χ0n) is 13.2. The van der Waals surface area contributed by atoms with Crippen molar-refractivity contribution < 1.29 is 4.79 Å². The number of rotatable bonds is 4. The van der Waals surface area contributed by atoms with Crippen LogP contribution in [-0.4, -0.2) is 17.6 Å². The monoisotopic (exact) mass is 438 g/mol. The number of aryl methyl sites for hydroxylation is 1. The van der Waals surface area contributed by atoms with Crippen molar-refractivity contribution in [3.8, 4) is 0 Å². The fraction of sp³-hybridized carbons (Fsp3) is 0.222. The molecule has 0 heterocycles. The summed E-state index contributed by atoms with van der Waals surface area (Å²) < 4.78 is 1.14. The maximum Gasteiger partial charge on any atom is 0.257 e. The van der Waals surface area contributed by atoms with Gasteiger partial charge in [-0.1, -0.05) is 31.2 Å². The molecule has 0 aromatic heterocycles. The number of nitrogens with one attached hydrogen (secondary N) is 1. The van der Waals surface area contributed by atoms with Crippen LogP contribution in [0.25, 0.3) is 0 Å². The van der Waals surface area contributed by atoms with E-state index in [1.165, 1.54) is 0 Å². The highest BCUT2D eigenvalue weighted by molar-refractivity contribution is 14.1. The number of benzene rings is 2. The lowest BCUT2D eigenvalue weighted by atomic mass is 10.2. The average Bonchev–Trinajstić information content (AvgIpc) is 2.55. The molecular formula is C18H19IN2OS. The van der Waals surface area contributed by atoms with E-state index in [1.54, 1.807) is 12.1 Å². The highest BCUT2D eigenvalue weighted by Crippen LogP contribution is 2.23. The zero-order chi connectivity index (χ0) is 16.8. The molecule has 0 unspecified atom stereocenters. The Hall–Kier alpha value is -1.47. The van der Waals surface area contributed by atoms with Gasteiger partial charge in [-0.2, -0.15) is 0 Å². The van der Waals surface area contributed by atoms with Crippen LogP contribution >= 0.6 is 34.8 Å². The number of hydrogen-bond acceptors (Lipinski definition) is 2. The summed E-state index contributed by atoms with van der Waals surface area (Å²) >= 11 is 7.78.